The van der Waals surface area contributed by atoms with Gasteiger partial charge in [0.1, 0.15) is 0 Å². The van der Waals surface area contributed by atoms with E-state index >= 15 is 0 Å². The molecule has 0 atom stereocenters. The summed E-state index contributed by atoms with van der Waals surface area (Å²) in [7, 11) is 0. The zero-order chi connectivity index (χ0) is 35.5. The summed E-state index contributed by atoms with van der Waals surface area (Å²) in [6, 6.07) is 65.3. The minimum Gasteiger partial charge on any atom is -0.228 e. The van der Waals surface area contributed by atoms with E-state index in [9.17, 15) is 0 Å². The molecule has 0 saturated heterocycles. The van der Waals surface area contributed by atoms with Gasteiger partial charge in [-0.3, -0.25) is 0 Å². The van der Waals surface area contributed by atoms with Crippen molar-refractivity contribution in [3.63, 3.8) is 0 Å². The van der Waals surface area contributed by atoms with Crippen molar-refractivity contribution < 1.29 is 0 Å². The third-order valence-electron chi connectivity index (χ3n) is 11.1. The molecule has 0 amide bonds. The van der Waals surface area contributed by atoms with Crippen LogP contribution in [0.3, 0.4) is 0 Å². The number of fused-ring (bicyclic) bond motifs is 6. The third-order valence-corrected chi connectivity index (χ3v) is 11.1. The van der Waals surface area contributed by atoms with E-state index in [0.717, 1.165) is 39.0 Å². The van der Waals surface area contributed by atoms with Gasteiger partial charge >= 0.3 is 0 Å². The molecule has 0 N–H and O–H groups in total. The van der Waals surface area contributed by atoms with Gasteiger partial charge in [0.25, 0.3) is 0 Å². The molecule has 2 nitrogen and oxygen atoms in total. The Bertz CT molecular complexity index is 2850. The van der Waals surface area contributed by atoms with E-state index in [4.69, 9.17) is 9.97 Å². The van der Waals surface area contributed by atoms with E-state index in [1.54, 1.807) is 0 Å². The van der Waals surface area contributed by atoms with Crippen LogP contribution in [0, 0.1) is 0 Å². The molecule has 8 aromatic carbocycles. The van der Waals surface area contributed by atoms with E-state index in [1.807, 2.05) is 6.07 Å². The first-order chi connectivity index (χ1) is 26.0. The Hall–Kier alpha value is -6.64. The van der Waals surface area contributed by atoms with Crippen LogP contribution in [0.4, 0.5) is 0 Å². The second-order valence-corrected chi connectivity index (χ2v) is 14.6. The Balaban J connectivity index is 1.12. The van der Waals surface area contributed by atoms with Gasteiger partial charge in [0.05, 0.1) is 11.4 Å². The number of nitrogens with zero attached hydrogens (tertiary/aromatic N) is 2. The molecule has 2 heteroatoms. The lowest BCUT2D eigenvalue weighted by atomic mass is 9.79. The van der Waals surface area contributed by atoms with Crippen LogP contribution >= 0.6 is 0 Å². The first kappa shape index (κ1) is 31.1. The Morgan fingerprint density at radius 2 is 0.925 bits per heavy atom. The van der Waals surface area contributed by atoms with Crippen molar-refractivity contribution >= 4 is 21.5 Å². The van der Waals surface area contributed by atoms with Crippen LogP contribution in [-0.2, 0) is 5.41 Å². The Kier molecular flexibility index (Phi) is 7.19. The van der Waals surface area contributed by atoms with Crippen LogP contribution in [0.1, 0.15) is 25.0 Å². The van der Waals surface area contributed by atoms with Gasteiger partial charge in [0, 0.05) is 22.1 Å². The summed E-state index contributed by atoms with van der Waals surface area (Å²) in [4.78, 5) is 10.5. The van der Waals surface area contributed by atoms with Gasteiger partial charge in [0.2, 0.25) is 0 Å². The number of benzene rings is 8. The summed E-state index contributed by atoms with van der Waals surface area (Å²) in [6.07, 6.45) is 0. The topological polar surface area (TPSA) is 25.8 Å². The van der Waals surface area contributed by atoms with Crippen LogP contribution in [0.5, 0.6) is 0 Å². The molecular weight excluding hydrogens is 641 g/mol. The third kappa shape index (κ3) is 5.18. The fraction of sp³-hybridized carbons (Fsp3) is 0.0588. The summed E-state index contributed by atoms with van der Waals surface area (Å²) in [5.74, 6) is 0.714. The van der Waals surface area contributed by atoms with Gasteiger partial charge in [-0.25, -0.2) is 9.97 Å². The highest BCUT2D eigenvalue weighted by atomic mass is 14.9. The van der Waals surface area contributed by atoms with E-state index in [-0.39, 0.29) is 5.41 Å². The molecule has 0 aliphatic heterocycles. The fourth-order valence-corrected chi connectivity index (χ4v) is 8.47. The van der Waals surface area contributed by atoms with Crippen LogP contribution < -0.4 is 0 Å². The normalized spacial score (nSPS) is 12.9. The van der Waals surface area contributed by atoms with Crippen LogP contribution in [0.15, 0.2) is 182 Å². The van der Waals surface area contributed by atoms with Crippen molar-refractivity contribution in [2.45, 2.75) is 19.3 Å². The van der Waals surface area contributed by atoms with Gasteiger partial charge in [-0.15, -0.1) is 0 Å². The quantitative estimate of drug-likeness (QED) is 0.181. The first-order valence-corrected chi connectivity index (χ1v) is 18.3. The lowest BCUT2D eigenvalue weighted by Crippen LogP contribution is -2.15. The maximum absolute atomic E-state index is 5.29. The molecule has 1 heterocycles. The van der Waals surface area contributed by atoms with Crippen molar-refractivity contribution in [1.29, 1.82) is 0 Å². The average Bonchev–Trinajstić information content (AvgIpc) is 3.46. The Labute approximate surface area is 310 Å². The number of aromatic nitrogens is 2. The minimum atomic E-state index is -0.128. The van der Waals surface area contributed by atoms with E-state index in [1.165, 1.54) is 55.1 Å². The number of hydrogen-bond acceptors (Lipinski definition) is 2. The lowest BCUT2D eigenvalue weighted by molar-refractivity contribution is 0.666. The predicted molar refractivity (Wildman–Crippen MR) is 222 cm³/mol. The van der Waals surface area contributed by atoms with Crippen LogP contribution in [-0.4, -0.2) is 9.97 Å². The van der Waals surface area contributed by atoms with Crippen molar-refractivity contribution in [3.8, 4) is 67.3 Å². The van der Waals surface area contributed by atoms with Crippen molar-refractivity contribution in [2.75, 3.05) is 0 Å². The molecule has 0 bridgehead atoms. The van der Waals surface area contributed by atoms with Crippen molar-refractivity contribution in [3.05, 3.63) is 193 Å². The maximum atomic E-state index is 5.29. The molecule has 1 aliphatic carbocycles. The Morgan fingerprint density at radius 1 is 0.358 bits per heavy atom. The van der Waals surface area contributed by atoms with Crippen LogP contribution in [0.2, 0.25) is 0 Å². The molecule has 0 unspecified atom stereocenters. The minimum absolute atomic E-state index is 0.128. The van der Waals surface area contributed by atoms with Gasteiger partial charge in [-0.1, -0.05) is 172 Å². The van der Waals surface area contributed by atoms with Crippen molar-refractivity contribution in [1.82, 2.24) is 9.97 Å². The smallest absolute Gasteiger partial charge is 0.161 e. The average molecular weight is 677 g/mol. The van der Waals surface area contributed by atoms with E-state index in [2.05, 4.69) is 190 Å². The molecule has 53 heavy (non-hydrogen) atoms. The highest BCUT2D eigenvalue weighted by Crippen LogP contribution is 2.52. The molecule has 10 rings (SSSR count). The molecule has 0 fully saturated rings. The van der Waals surface area contributed by atoms with E-state index in [0.29, 0.717) is 5.82 Å². The van der Waals surface area contributed by atoms with Gasteiger partial charge in [-0.05, 0) is 90.3 Å². The maximum Gasteiger partial charge on any atom is 0.161 e. The zero-order valence-electron chi connectivity index (χ0n) is 29.7. The summed E-state index contributed by atoms with van der Waals surface area (Å²) >= 11 is 0. The zero-order valence-corrected chi connectivity index (χ0v) is 29.7. The highest BCUT2D eigenvalue weighted by Gasteiger charge is 2.37. The van der Waals surface area contributed by atoms with Crippen molar-refractivity contribution in [2.24, 2.45) is 0 Å². The molecule has 0 saturated carbocycles. The summed E-state index contributed by atoms with van der Waals surface area (Å²) in [5, 5.41) is 4.95. The molecule has 0 radical (unpaired) electrons. The molecule has 9 aromatic rings. The standard InChI is InChI=1S/C51H36N2/c1-51(2)46-31-37(25-26-43(46)44-27-24-34-16-9-10-21-40(34)49(44)51)39-28-29-45(42-23-12-11-22-41(39)42)50-52-47(35-17-7-4-8-18-35)32-48(53-50)38-20-13-19-36(30-38)33-14-5-3-6-15-33/h3-32H,1-2H3. The summed E-state index contributed by atoms with van der Waals surface area (Å²) in [6.45, 7) is 4.75. The molecule has 0 spiro atoms. The van der Waals surface area contributed by atoms with Gasteiger partial charge in [-0.2, -0.15) is 0 Å². The summed E-state index contributed by atoms with van der Waals surface area (Å²) in [5.41, 5.74) is 15.0. The second kappa shape index (κ2) is 12.3. The predicted octanol–water partition coefficient (Wildman–Crippen LogP) is 13.4. The number of hydrogen-bond donors (Lipinski definition) is 0. The second-order valence-electron chi connectivity index (χ2n) is 14.6. The van der Waals surface area contributed by atoms with Gasteiger partial charge < -0.3 is 0 Å². The summed E-state index contributed by atoms with van der Waals surface area (Å²) < 4.78 is 0. The molecular formula is C51H36N2. The van der Waals surface area contributed by atoms with E-state index < -0.39 is 0 Å². The SMILES string of the molecule is CC1(C)c2cc(-c3ccc(-c4nc(-c5ccccc5)cc(-c5cccc(-c6ccccc6)c5)n4)c4ccccc34)ccc2-c2ccc3ccccc3c21. The molecule has 1 aliphatic rings. The van der Waals surface area contributed by atoms with Gasteiger partial charge in [0.15, 0.2) is 5.82 Å². The largest absolute Gasteiger partial charge is 0.228 e. The monoisotopic (exact) mass is 676 g/mol. The fourth-order valence-electron chi connectivity index (χ4n) is 8.47. The molecule has 250 valence electrons. The van der Waals surface area contributed by atoms with Crippen LogP contribution in [0.25, 0.3) is 88.8 Å². The Morgan fingerprint density at radius 3 is 1.70 bits per heavy atom. The lowest BCUT2D eigenvalue weighted by Gasteiger charge is -2.24. The highest BCUT2D eigenvalue weighted by molar-refractivity contribution is 6.05. The molecule has 1 aromatic heterocycles. The number of rotatable bonds is 5. The first-order valence-electron chi connectivity index (χ1n) is 18.3.